The van der Waals surface area contributed by atoms with Gasteiger partial charge in [0.25, 0.3) is 0 Å². The van der Waals surface area contributed by atoms with Gasteiger partial charge in [-0.1, -0.05) is 60.7 Å². The summed E-state index contributed by atoms with van der Waals surface area (Å²) in [5, 5.41) is 14.9. The third kappa shape index (κ3) is 2.97. The highest BCUT2D eigenvalue weighted by Crippen LogP contribution is 2.22. The summed E-state index contributed by atoms with van der Waals surface area (Å²) in [7, 11) is 1.99. The highest BCUT2D eigenvalue weighted by Gasteiger charge is 2.08. The van der Waals surface area contributed by atoms with Crippen molar-refractivity contribution in [1.29, 1.82) is 0 Å². The summed E-state index contributed by atoms with van der Waals surface area (Å²) >= 11 is 0. The molecular formula is C26H18NO2-. The Kier molecular flexibility index (Phi) is 3.95. The first-order valence-electron chi connectivity index (χ1n) is 9.50. The Morgan fingerprint density at radius 1 is 0.724 bits per heavy atom. The number of fused-ring (bicyclic) bond motifs is 3. The predicted octanol–water partition coefficient (Wildman–Crippen LogP) is 5.09. The molecular weight excluding hydrogens is 358 g/mol. The lowest BCUT2D eigenvalue weighted by Gasteiger charge is -2.10. The van der Waals surface area contributed by atoms with E-state index in [-0.39, 0.29) is 11.2 Å². The molecule has 0 aliphatic rings. The molecule has 0 aliphatic heterocycles. The van der Waals surface area contributed by atoms with Gasteiger partial charge in [-0.25, -0.2) is 0 Å². The lowest BCUT2D eigenvalue weighted by molar-refractivity contribution is -0.268. The maximum atomic E-state index is 12.8. The average Bonchev–Trinajstić information content (AvgIpc) is 2.76. The minimum Gasteiger partial charge on any atom is -0.872 e. The predicted molar refractivity (Wildman–Crippen MR) is 119 cm³/mol. The fraction of sp³-hybridized carbons (Fsp3) is 0.0385. The van der Waals surface area contributed by atoms with Crippen LogP contribution in [-0.2, 0) is 7.05 Å². The second-order valence-corrected chi connectivity index (χ2v) is 7.28. The zero-order chi connectivity index (χ0) is 20.0. The van der Waals surface area contributed by atoms with E-state index in [0.717, 1.165) is 43.7 Å². The zero-order valence-corrected chi connectivity index (χ0v) is 15.9. The highest BCUT2D eigenvalue weighted by atomic mass is 16.3. The third-order valence-electron chi connectivity index (χ3n) is 5.44. The molecule has 140 valence electrons. The first kappa shape index (κ1) is 17.3. The van der Waals surface area contributed by atoms with E-state index < -0.39 is 0 Å². The van der Waals surface area contributed by atoms with Gasteiger partial charge in [0.15, 0.2) is 5.43 Å². The van der Waals surface area contributed by atoms with E-state index in [1.807, 2.05) is 79.9 Å². The molecule has 5 aromatic rings. The molecule has 1 aromatic heterocycles. The van der Waals surface area contributed by atoms with Crippen LogP contribution >= 0.6 is 0 Å². The fourth-order valence-electron chi connectivity index (χ4n) is 3.89. The van der Waals surface area contributed by atoms with Gasteiger partial charge < -0.3 is 9.67 Å². The SMILES string of the molecule is Cn1c2ccccc2c(=O)c2ccc(/C=C/c3ccc4cc([O-])ccc4c3)cc21. The van der Waals surface area contributed by atoms with Crippen LogP contribution in [0.2, 0.25) is 0 Å². The molecule has 0 N–H and O–H groups in total. The van der Waals surface area contributed by atoms with Crippen molar-refractivity contribution in [2.24, 2.45) is 7.05 Å². The molecule has 0 bridgehead atoms. The van der Waals surface area contributed by atoms with Crippen LogP contribution < -0.4 is 10.5 Å². The van der Waals surface area contributed by atoms with E-state index >= 15 is 0 Å². The van der Waals surface area contributed by atoms with Crippen LogP contribution in [0.4, 0.5) is 0 Å². The molecule has 3 nitrogen and oxygen atoms in total. The van der Waals surface area contributed by atoms with Crippen molar-refractivity contribution in [2.75, 3.05) is 0 Å². The van der Waals surface area contributed by atoms with E-state index in [1.54, 1.807) is 12.1 Å². The lowest BCUT2D eigenvalue weighted by Crippen LogP contribution is -2.08. The van der Waals surface area contributed by atoms with E-state index in [2.05, 4.69) is 10.6 Å². The standard InChI is InChI=1S/C26H19NO2/c1-27-24-5-3-2-4-22(24)26(29)23-13-9-18(15-25(23)27)7-6-17-8-10-20-16-21(28)12-11-19(20)14-17/h2-16,28H,1H3/p-1/b7-6+. The van der Waals surface area contributed by atoms with Crippen LogP contribution in [-0.4, -0.2) is 4.57 Å². The minimum absolute atomic E-state index is 0.0232. The van der Waals surface area contributed by atoms with Crippen molar-refractivity contribution in [3.8, 4) is 5.75 Å². The molecule has 0 aliphatic carbocycles. The highest BCUT2D eigenvalue weighted by molar-refractivity contribution is 5.94. The number of para-hydroxylation sites is 1. The number of hydrogen-bond donors (Lipinski definition) is 0. The Morgan fingerprint density at radius 2 is 1.38 bits per heavy atom. The normalized spacial score (nSPS) is 11.8. The quantitative estimate of drug-likeness (QED) is 0.318. The van der Waals surface area contributed by atoms with Crippen LogP contribution in [0.1, 0.15) is 11.1 Å². The Balaban J connectivity index is 1.58. The smallest absolute Gasteiger partial charge is 0.197 e. The molecule has 0 atom stereocenters. The molecule has 4 aromatic carbocycles. The van der Waals surface area contributed by atoms with Gasteiger partial charge in [0.2, 0.25) is 0 Å². The molecule has 1 heterocycles. The van der Waals surface area contributed by atoms with Crippen molar-refractivity contribution in [1.82, 2.24) is 4.57 Å². The van der Waals surface area contributed by atoms with Crippen molar-refractivity contribution in [3.05, 3.63) is 100 Å². The van der Waals surface area contributed by atoms with Crippen LogP contribution in [0.5, 0.6) is 5.75 Å². The van der Waals surface area contributed by atoms with Gasteiger partial charge in [-0.3, -0.25) is 4.79 Å². The van der Waals surface area contributed by atoms with Crippen molar-refractivity contribution < 1.29 is 5.11 Å². The van der Waals surface area contributed by atoms with Gasteiger partial charge in [-0.2, -0.15) is 0 Å². The number of aromatic nitrogens is 1. The Labute approximate surface area is 167 Å². The van der Waals surface area contributed by atoms with Crippen LogP contribution in [0, 0.1) is 0 Å². The monoisotopic (exact) mass is 376 g/mol. The number of pyridine rings is 1. The first-order chi connectivity index (χ1) is 14.1. The Morgan fingerprint density at radius 3 is 2.24 bits per heavy atom. The fourth-order valence-corrected chi connectivity index (χ4v) is 3.89. The second-order valence-electron chi connectivity index (χ2n) is 7.28. The first-order valence-corrected chi connectivity index (χ1v) is 9.50. The largest absolute Gasteiger partial charge is 0.872 e. The van der Waals surface area contributed by atoms with E-state index in [4.69, 9.17) is 0 Å². The molecule has 0 fully saturated rings. The van der Waals surface area contributed by atoms with Gasteiger partial charge in [0, 0.05) is 17.8 Å². The number of aryl methyl sites for hydroxylation is 1. The Hall–Kier alpha value is -3.85. The van der Waals surface area contributed by atoms with Gasteiger partial charge in [-0.05, 0) is 52.2 Å². The summed E-state index contributed by atoms with van der Waals surface area (Å²) in [6.45, 7) is 0. The number of nitrogens with zero attached hydrogens (tertiary/aromatic N) is 1. The Bertz CT molecular complexity index is 1490. The molecule has 29 heavy (non-hydrogen) atoms. The molecule has 0 amide bonds. The number of benzene rings is 4. The molecule has 3 heteroatoms. The lowest BCUT2D eigenvalue weighted by atomic mass is 10.0. The molecule has 0 unspecified atom stereocenters. The van der Waals surface area contributed by atoms with Gasteiger partial charge >= 0.3 is 0 Å². The maximum Gasteiger partial charge on any atom is 0.197 e. The van der Waals surface area contributed by atoms with Crippen molar-refractivity contribution >= 4 is 44.7 Å². The van der Waals surface area contributed by atoms with E-state index in [0.29, 0.717) is 0 Å². The van der Waals surface area contributed by atoms with E-state index in [1.165, 1.54) is 0 Å². The van der Waals surface area contributed by atoms with Crippen LogP contribution in [0.25, 0.3) is 44.7 Å². The van der Waals surface area contributed by atoms with Crippen LogP contribution in [0.3, 0.4) is 0 Å². The molecule has 0 saturated heterocycles. The third-order valence-corrected chi connectivity index (χ3v) is 5.44. The maximum absolute atomic E-state index is 12.8. The molecule has 0 spiro atoms. The minimum atomic E-state index is 0.0232. The summed E-state index contributed by atoms with van der Waals surface area (Å²) in [6, 6.07) is 24.7. The van der Waals surface area contributed by atoms with E-state index in [9.17, 15) is 9.90 Å². The zero-order valence-electron chi connectivity index (χ0n) is 15.9. The summed E-state index contributed by atoms with van der Waals surface area (Å²) in [5.41, 5.74) is 3.99. The number of hydrogen-bond acceptors (Lipinski definition) is 2. The summed E-state index contributed by atoms with van der Waals surface area (Å²) in [6.07, 6.45) is 4.09. The van der Waals surface area contributed by atoms with Crippen molar-refractivity contribution in [3.63, 3.8) is 0 Å². The topological polar surface area (TPSA) is 45.1 Å². The summed E-state index contributed by atoms with van der Waals surface area (Å²) in [4.78, 5) is 12.8. The van der Waals surface area contributed by atoms with Crippen molar-refractivity contribution in [2.45, 2.75) is 0 Å². The average molecular weight is 376 g/mol. The summed E-state index contributed by atoms with van der Waals surface area (Å²) in [5.74, 6) is 0.0232. The summed E-state index contributed by atoms with van der Waals surface area (Å²) < 4.78 is 2.07. The number of rotatable bonds is 2. The van der Waals surface area contributed by atoms with Gasteiger partial charge in [-0.15, -0.1) is 5.75 Å². The second kappa shape index (κ2) is 6.64. The molecule has 0 radical (unpaired) electrons. The molecule has 0 saturated carbocycles. The molecule has 5 rings (SSSR count). The van der Waals surface area contributed by atoms with Crippen LogP contribution in [0.15, 0.2) is 83.7 Å². The van der Waals surface area contributed by atoms with Gasteiger partial charge in [0.05, 0.1) is 11.0 Å². The van der Waals surface area contributed by atoms with Gasteiger partial charge in [0.1, 0.15) is 0 Å².